The molecular weight excluding hydrogens is 344 g/mol. The van der Waals surface area contributed by atoms with Crippen molar-refractivity contribution >= 4 is 33.3 Å². The van der Waals surface area contributed by atoms with E-state index < -0.39 is 0 Å². The molecule has 0 atom stereocenters. The lowest BCUT2D eigenvalue weighted by Crippen LogP contribution is -2.43. The normalized spacial score (nSPS) is 12.6. The lowest BCUT2D eigenvalue weighted by molar-refractivity contribution is -0.0141. The quantitative estimate of drug-likeness (QED) is 0.459. The van der Waals surface area contributed by atoms with Gasteiger partial charge in [0.2, 0.25) is 5.28 Å². The molecule has 0 unspecified atom stereocenters. The first-order valence-corrected chi connectivity index (χ1v) is 7.57. The van der Waals surface area contributed by atoms with Crippen molar-refractivity contribution in [1.82, 2.24) is 15.3 Å². The zero-order chi connectivity index (χ0) is 15.4. The van der Waals surface area contributed by atoms with Crippen molar-refractivity contribution in [3.63, 3.8) is 0 Å². The molecule has 1 heterocycles. The van der Waals surface area contributed by atoms with Gasteiger partial charge in [0.25, 0.3) is 0 Å². The molecule has 0 aliphatic carbocycles. The molecule has 2 N–H and O–H groups in total. The largest absolute Gasteiger partial charge is 0.363 e. The summed E-state index contributed by atoms with van der Waals surface area (Å²) in [6, 6.07) is 0. The Balaban J connectivity index is 2.50. The summed E-state index contributed by atoms with van der Waals surface area (Å²) in [6.45, 7) is 11.4. The summed E-state index contributed by atoms with van der Waals surface area (Å²) in [4.78, 5) is 8.07. The Morgan fingerprint density at radius 2 is 1.95 bits per heavy atom. The van der Waals surface area contributed by atoms with Gasteiger partial charge < -0.3 is 10.1 Å². The number of anilines is 1. The molecule has 0 spiro atoms. The molecule has 0 aromatic carbocycles. The average Bonchev–Trinajstić information content (AvgIpc) is 2.28. The minimum Gasteiger partial charge on any atom is -0.363 e. The predicted octanol–water partition coefficient (Wildman–Crippen LogP) is 3.45. The van der Waals surface area contributed by atoms with Crippen molar-refractivity contribution in [3.8, 4) is 0 Å². The first kappa shape index (κ1) is 17.6. The number of ether oxygens (including phenoxy) is 1. The van der Waals surface area contributed by atoms with Crippen molar-refractivity contribution < 1.29 is 4.74 Å². The van der Waals surface area contributed by atoms with Crippen molar-refractivity contribution in [3.05, 3.63) is 16.0 Å². The van der Waals surface area contributed by atoms with Crippen LogP contribution in [0.5, 0.6) is 0 Å². The molecule has 0 saturated carbocycles. The smallest absolute Gasteiger partial charge is 0.224 e. The number of nitrogens with zero attached hydrogens (tertiary/aromatic N) is 2. The highest BCUT2D eigenvalue weighted by atomic mass is 79.9. The molecule has 0 aliphatic heterocycles. The minimum atomic E-state index is -0.207. The third-order valence-electron chi connectivity index (χ3n) is 2.35. The summed E-state index contributed by atoms with van der Waals surface area (Å²) in [7, 11) is 0. The van der Waals surface area contributed by atoms with Crippen molar-refractivity contribution in [2.45, 2.75) is 45.8 Å². The Hall–Kier alpha value is -0.430. The lowest BCUT2D eigenvalue weighted by Gasteiger charge is -2.29. The van der Waals surface area contributed by atoms with E-state index in [1.54, 1.807) is 6.20 Å². The van der Waals surface area contributed by atoms with Gasteiger partial charge in [-0.3, -0.25) is 5.32 Å². The summed E-state index contributed by atoms with van der Waals surface area (Å²) < 4.78 is 6.40. The monoisotopic (exact) mass is 364 g/mol. The molecule has 5 nitrogen and oxygen atoms in total. The summed E-state index contributed by atoms with van der Waals surface area (Å²) in [5.74, 6) is 0.675. The fraction of sp³-hybridized carbons (Fsp3) is 0.692. The Morgan fingerprint density at radius 1 is 1.30 bits per heavy atom. The topological polar surface area (TPSA) is 59.1 Å². The van der Waals surface area contributed by atoms with E-state index in [-0.39, 0.29) is 16.4 Å². The molecular formula is C13H22BrClN4O. The molecule has 0 bridgehead atoms. The van der Waals surface area contributed by atoms with E-state index in [0.717, 1.165) is 11.0 Å². The molecule has 0 amide bonds. The number of halogens is 2. The van der Waals surface area contributed by atoms with Gasteiger partial charge in [-0.05, 0) is 62.1 Å². The zero-order valence-corrected chi connectivity index (χ0v) is 14.9. The van der Waals surface area contributed by atoms with Crippen LogP contribution in [0.1, 0.15) is 34.6 Å². The molecule has 1 aromatic heterocycles. The van der Waals surface area contributed by atoms with E-state index in [1.165, 1.54) is 0 Å². The van der Waals surface area contributed by atoms with Gasteiger partial charge in [0, 0.05) is 18.3 Å². The van der Waals surface area contributed by atoms with E-state index >= 15 is 0 Å². The Bertz CT molecular complexity index is 448. The van der Waals surface area contributed by atoms with Crippen LogP contribution in [0.2, 0.25) is 5.28 Å². The molecule has 20 heavy (non-hydrogen) atoms. The summed E-state index contributed by atoms with van der Waals surface area (Å²) in [5, 5.41) is 6.80. The van der Waals surface area contributed by atoms with E-state index in [2.05, 4.69) is 50.4 Å². The molecule has 1 rings (SSSR count). The Morgan fingerprint density at radius 3 is 2.55 bits per heavy atom. The van der Waals surface area contributed by atoms with Crippen LogP contribution in [0.3, 0.4) is 0 Å². The molecule has 0 radical (unpaired) electrons. The highest BCUT2D eigenvalue weighted by Crippen LogP contribution is 2.23. The summed E-state index contributed by atoms with van der Waals surface area (Å²) >= 11 is 9.20. The van der Waals surface area contributed by atoms with Crippen LogP contribution in [-0.4, -0.2) is 34.4 Å². The summed E-state index contributed by atoms with van der Waals surface area (Å²) in [6.07, 6.45) is 1.63. The predicted molar refractivity (Wildman–Crippen MR) is 86.2 cm³/mol. The van der Waals surface area contributed by atoms with E-state index in [1.807, 2.05) is 20.8 Å². The van der Waals surface area contributed by atoms with Gasteiger partial charge in [-0.15, -0.1) is 0 Å². The van der Waals surface area contributed by atoms with Gasteiger partial charge in [-0.1, -0.05) is 0 Å². The van der Waals surface area contributed by atoms with E-state index in [0.29, 0.717) is 12.5 Å². The highest BCUT2D eigenvalue weighted by Gasteiger charge is 2.20. The third kappa shape index (κ3) is 6.83. The van der Waals surface area contributed by atoms with Crippen LogP contribution >= 0.6 is 27.5 Å². The molecule has 0 aliphatic rings. The summed E-state index contributed by atoms with van der Waals surface area (Å²) in [5.41, 5.74) is -0.352. The maximum Gasteiger partial charge on any atom is 0.224 e. The SMILES string of the molecule is CC(C)(CNCOC(C)(C)C)Nc1nc(Cl)ncc1Br. The van der Waals surface area contributed by atoms with Gasteiger partial charge >= 0.3 is 0 Å². The van der Waals surface area contributed by atoms with E-state index in [9.17, 15) is 0 Å². The van der Waals surface area contributed by atoms with Crippen LogP contribution < -0.4 is 10.6 Å². The second-order valence-electron chi connectivity index (χ2n) is 6.17. The zero-order valence-electron chi connectivity index (χ0n) is 12.6. The van der Waals surface area contributed by atoms with Gasteiger partial charge in [0.05, 0.1) is 16.8 Å². The van der Waals surface area contributed by atoms with Crippen LogP contribution in [0.4, 0.5) is 5.82 Å². The molecule has 114 valence electrons. The maximum atomic E-state index is 5.80. The van der Waals surface area contributed by atoms with Crippen molar-refractivity contribution in [2.75, 3.05) is 18.6 Å². The maximum absolute atomic E-state index is 5.80. The fourth-order valence-corrected chi connectivity index (χ4v) is 1.85. The van der Waals surface area contributed by atoms with Crippen LogP contribution in [0.15, 0.2) is 10.7 Å². The van der Waals surface area contributed by atoms with Crippen molar-refractivity contribution in [1.29, 1.82) is 0 Å². The number of aromatic nitrogens is 2. The number of hydrogen-bond acceptors (Lipinski definition) is 5. The lowest BCUT2D eigenvalue weighted by atomic mass is 10.1. The second kappa shape index (κ2) is 7.02. The molecule has 1 aromatic rings. The standard InChI is InChI=1S/C13H22BrClN4O/c1-12(2,3)20-8-16-7-13(4,5)19-10-9(14)6-17-11(15)18-10/h6,16H,7-8H2,1-5H3,(H,17,18,19). The van der Waals surface area contributed by atoms with Gasteiger partial charge in [-0.2, -0.15) is 4.98 Å². The highest BCUT2D eigenvalue weighted by molar-refractivity contribution is 9.10. The molecule has 0 fully saturated rings. The van der Waals surface area contributed by atoms with Crippen molar-refractivity contribution in [2.24, 2.45) is 0 Å². The average molecular weight is 366 g/mol. The number of nitrogens with one attached hydrogen (secondary N) is 2. The Kier molecular flexibility index (Phi) is 6.19. The van der Waals surface area contributed by atoms with Gasteiger partial charge in [0.1, 0.15) is 5.82 Å². The number of rotatable bonds is 6. The van der Waals surface area contributed by atoms with Gasteiger partial charge in [0.15, 0.2) is 0 Å². The Labute approximate surface area is 134 Å². The third-order valence-corrected chi connectivity index (χ3v) is 3.11. The van der Waals surface area contributed by atoms with Crippen LogP contribution in [0.25, 0.3) is 0 Å². The first-order chi connectivity index (χ1) is 9.09. The first-order valence-electron chi connectivity index (χ1n) is 6.40. The fourth-order valence-electron chi connectivity index (χ4n) is 1.43. The van der Waals surface area contributed by atoms with Crippen LogP contribution in [-0.2, 0) is 4.74 Å². The van der Waals surface area contributed by atoms with E-state index in [4.69, 9.17) is 16.3 Å². The van der Waals surface area contributed by atoms with Crippen LogP contribution in [0, 0.1) is 0 Å². The van der Waals surface area contributed by atoms with Gasteiger partial charge in [-0.25, -0.2) is 4.98 Å². The minimum absolute atomic E-state index is 0.145. The molecule has 0 saturated heterocycles. The number of hydrogen-bond donors (Lipinski definition) is 2. The second-order valence-corrected chi connectivity index (χ2v) is 7.36. The molecule has 7 heteroatoms.